The standard InChI is InChI=1S/C16H18N4O/c1-2-13-10-16(20-15(19-13)8-9-18-20)17-11-14(21)12-6-4-3-5-7-12/h3-10,14,17,21H,2,11H2,1H3/t14-/m1/s1. The average Bonchev–Trinajstić information content (AvgIpc) is 3.01. The summed E-state index contributed by atoms with van der Waals surface area (Å²) in [5, 5.41) is 17.7. The van der Waals surface area contributed by atoms with Crippen LogP contribution >= 0.6 is 0 Å². The van der Waals surface area contributed by atoms with E-state index in [2.05, 4.69) is 22.3 Å². The Morgan fingerprint density at radius 3 is 2.81 bits per heavy atom. The van der Waals surface area contributed by atoms with Gasteiger partial charge in [-0.3, -0.25) is 0 Å². The largest absolute Gasteiger partial charge is 0.387 e. The number of aryl methyl sites for hydroxylation is 1. The van der Waals surface area contributed by atoms with Crippen LogP contribution in [-0.2, 0) is 6.42 Å². The third kappa shape index (κ3) is 2.87. The number of fused-ring (bicyclic) bond motifs is 1. The van der Waals surface area contributed by atoms with E-state index in [-0.39, 0.29) is 0 Å². The summed E-state index contributed by atoms with van der Waals surface area (Å²) in [6.07, 6.45) is 2.02. The molecule has 1 aromatic carbocycles. The summed E-state index contributed by atoms with van der Waals surface area (Å²) in [6, 6.07) is 13.5. The molecule has 21 heavy (non-hydrogen) atoms. The Morgan fingerprint density at radius 1 is 1.24 bits per heavy atom. The Balaban J connectivity index is 1.80. The highest BCUT2D eigenvalue weighted by Crippen LogP contribution is 2.16. The molecule has 0 saturated carbocycles. The smallest absolute Gasteiger partial charge is 0.157 e. The monoisotopic (exact) mass is 282 g/mol. The normalized spacial score (nSPS) is 12.5. The summed E-state index contributed by atoms with van der Waals surface area (Å²) >= 11 is 0. The van der Waals surface area contributed by atoms with E-state index < -0.39 is 6.10 Å². The molecule has 0 radical (unpaired) electrons. The molecule has 0 unspecified atom stereocenters. The lowest BCUT2D eigenvalue weighted by Gasteiger charge is -2.14. The van der Waals surface area contributed by atoms with Crippen LogP contribution in [0.4, 0.5) is 5.82 Å². The van der Waals surface area contributed by atoms with Crippen molar-refractivity contribution in [1.82, 2.24) is 14.6 Å². The number of rotatable bonds is 5. The Bertz CT molecular complexity index is 723. The molecule has 0 bridgehead atoms. The van der Waals surface area contributed by atoms with E-state index in [1.807, 2.05) is 42.5 Å². The fourth-order valence-corrected chi connectivity index (χ4v) is 2.27. The topological polar surface area (TPSA) is 62.5 Å². The first-order valence-corrected chi connectivity index (χ1v) is 7.08. The van der Waals surface area contributed by atoms with Gasteiger partial charge in [0.15, 0.2) is 5.65 Å². The second-order valence-corrected chi connectivity index (χ2v) is 4.89. The molecule has 1 atom stereocenters. The maximum atomic E-state index is 10.2. The molecule has 0 spiro atoms. The highest BCUT2D eigenvalue weighted by molar-refractivity contribution is 5.49. The van der Waals surface area contributed by atoms with E-state index >= 15 is 0 Å². The Hall–Kier alpha value is -2.40. The lowest BCUT2D eigenvalue weighted by atomic mass is 10.1. The molecular formula is C16H18N4O. The van der Waals surface area contributed by atoms with Crippen LogP contribution in [0.5, 0.6) is 0 Å². The van der Waals surface area contributed by atoms with Crippen molar-refractivity contribution in [3.8, 4) is 0 Å². The van der Waals surface area contributed by atoms with Crippen LogP contribution in [0, 0.1) is 0 Å². The number of nitrogens with zero attached hydrogens (tertiary/aromatic N) is 3. The number of nitrogens with one attached hydrogen (secondary N) is 1. The number of benzene rings is 1. The molecule has 0 amide bonds. The molecule has 0 saturated heterocycles. The van der Waals surface area contributed by atoms with E-state index in [9.17, 15) is 5.11 Å². The number of hydrogen-bond acceptors (Lipinski definition) is 4. The SMILES string of the molecule is CCc1cc(NC[C@@H](O)c2ccccc2)n2nccc2n1. The lowest BCUT2D eigenvalue weighted by Crippen LogP contribution is -2.15. The summed E-state index contributed by atoms with van der Waals surface area (Å²) in [6.45, 7) is 2.49. The van der Waals surface area contributed by atoms with Crippen molar-refractivity contribution in [3.63, 3.8) is 0 Å². The quantitative estimate of drug-likeness (QED) is 0.754. The minimum Gasteiger partial charge on any atom is -0.387 e. The summed E-state index contributed by atoms with van der Waals surface area (Å²) < 4.78 is 1.75. The predicted octanol–water partition coefficient (Wildman–Crippen LogP) is 2.44. The van der Waals surface area contributed by atoms with Crippen molar-refractivity contribution in [2.75, 3.05) is 11.9 Å². The van der Waals surface area contributed by atoms with Gasteiger partial charge in [0.05, 0.1) is 12.3 Å². The van der Waals surface area contributed by atoms with Crippen LogP contribution in [-0.4, -0.2) is 26.2 Å². The maximum Gasteiger partial charge on any atom is 0.157 e. The van der Waals surface area contributed by atoms with E-state index in [1.165, 1.54) is 0 Å². The van der Waals surface area contributed by atoms with Crippen LogP contribution in [0.1, 0.15) is 24.3 Å². The highest BCUT2D eigenvalue weighted by atomic mass is 16.3. The molecule has 5 heteroatoms. The number of aliphatic hydroxyl groups is 1. The molecule has 0 aliphatic rings. The van der Waals surface area contributed by atoms with E-state index in [1.54, 1.807) is 10.7 Å². The Labute approximate surface area is 123 Å². The highest BCUT2D eigenvalue weighted by Gasteiger charge is 2.09. The number of aromatic nitrogens is 3. The average molecular weight is 282 g/mol. The second-order valence-electron chi connectivity index (χ2n) is 4.89. The van der Waals surface area contributed by atoms with Gasteiger partial charge in [-0.15, -0.1) is 0 Å². The fraction of sp³-hybridized carbons (Fsp3) is 0.250. The van der Waals surface area contributed by atoms with Gasteiger partial charge in [-0.1, -0.05) is 37.3 Å². The maximum absolute atomic E-state index is 10.2. The van der Waals surface area contributed by atoms with Crippen LogP contribution in [0.2, 0.25) is 0 Å². The fourth-order valence-electron chi connectivity index (χ4n) is 2.27. The van der Waals surface area contributed by atoms with Gasteiger partial charge < -0.3 is 10.4 Å². The van der Waals surface area contributed by atoms with Crippen LogP contribution in [0.25, 0.3) is 5.65 Å². The van der Waals surface area contributed by atoms with Crippen molar-refractivity contribution in [2.24, 2.45) is 0 Å². The molecule has 2 aromatic heterocycles. The minimum atomic E-state index is -0.560. The summed E-state index contributed by atoms with van der Waals surface area (Å²) in [7, 11) is 0. The second kappa shape index (κ2) is 5.93. The summed E-state index contributed by atoms with van der Waals surface area (Å²) in [4.78, 5) is 4.50. The zero-order valence-corrected chi connectivity index (χ0v) is 11.9. The minimum absolute atomic E-state index is 0.423. The van der Waals surface area contributed by atoms with Gasteiger partial charge in [0, 0.05) is 24.4 Å². The zero-order valence-electron chi connectivity index (χ0n) is 11.9. The van der Waals surface area contributed by atoms with Crippen molar-refractivity contribution < 1.29 is 5.11 Å². The molecular weight excluding hydrogens is 264 g/mol. The third-order valence-corrected chi connectivity index (χ3v) is 3.44. The number of hydrogen-bond donors (Lipinski definition) is 2. The van der Waals surface area contributed by atoms with Gasteiger partial charge in [0.25, 0.3) is 0 Å². The molecule has 2 N–H and O–H groups in total. The number of aliphatic hydroxyl groups excluding tert-OH is 1. The van der Waals surface area contributed by atoms with E-state index in [0.717, 1.165) is 29.1 Å². The summed E-state index contributed by atoms with van der Waals surface area (Å²) in [5.41, 5.74) is 2.71. The Kier molecular flexibility index (Phi) is 3.83. The molecule has 0 fully saturated rings. The molecule has 3 aromatic rings. The van der Waals surface area contributed by atoms with Gasteiger partial charge in [-0.05, 0) is 12.0 Å². The van der Waals surface area contributed by atoms with Crippen molar-refractivity contribution in [3.05, 3.63) is 59.9 Å². The van der Waals surface area contributed by atoms with Crippen LogP contribution in [0.3, 0.4) is 0 Å². The molecule has 5 nitrogen and oxygen atoms in total. The first-order valence-electron chi connectivity index (χ1n) is 7.08. The number of anilines is 1. The van der Waals surface area contributed by atoms with Crippen LogP contribution < -0.4 is 5.32 Å². The van der Waals surface area contributed by atoms with E-state index in [4.69, 9.17) is 0 Å². The van der Waals surface area contributed by atoms with Gasteiger partial charge >= 0.3 is 0 Å². The molecule has 0 aliphatic heterocycles. The summed E-state index contributed by atoms with van der Waals surface area (Å²) in [5.74, 6) is 0.844. The van der Waals surface area contributed by atoms with Gasteiger partial charge in [-0.2, -0.15) is 9.61 Å². The lowest BCUT2D eigenvalue weighted by molar-refractivity contribution is 0.191. The molecule has 3 rings (SSSR count). The Morgan fingerprint density at radius 2 is 2.05 bits per heavy atom. The van der Waals surface area contributed by atoms with E-state index in [0.29, 0.717) is 6.54 Å². The van der Waals surface area contributed by atoms with Crippen molar-refractivity contribution in [1.29, 1.82) is 0 Å². The molecule has 2 heterocycles. The first-order chi connectivity index (χ1) is 10.3. The molecule has 108 valence electrons. The van der Waals surface area contributed by atoms with Crippen LogP contribution in [0.15, 0.2) is 48.7 Å². The zero-order chi connectivity index (χ0) is 14.7. The van der Waals surface area contributed by atoms with Gasteiger partial charge in [0.1, 0.15) is 5.82 Å². The third-order valence-electron chi connectivity index (χ3n) is 3.44. The van der Waals surface area contributed by atoms with Crippen molar-refractivity contribution >= 4 is 11.5 Å². The van der Waals surface area contributed by atoms with Gasteiger partial charge in [0.2, 0.25) is 0 Å². The first kappa shape index (κ1) is 13.6. The predicted molar refractivity (Wildman–Crippen MR) is 82.3 cm³/mol. The van der Waals surface area contributed by atoms with Gasteiger partial charge in [-0.25, -0.2) is 4.98 Å². The molecule has 0 aliphatic carbocycles. The van der Waals surface area contributed by atoms with Crippen molar-refractivity contribution in [2.45, 2.75) is 19.4 Å².